The highest BCUT2D eigenvalue weighted by atomic mass is 19.4. The molecule has 1 aliphatic carbocycles. The summed E-state index contributed by atoms with van der Waals surface area (Å²) in [5.41, 5.74) is 0.0520. The van der Waals surface area contributed by atoms with Crippen LogP contribution in [0.3, 0.4) is 0 Å². The first kappa shape index (κ1) is 18.4. The van der Waals surface area contributed by atoms with Crippen molar-refractivity contribution in [2.24, 2.45) is 0 Å². The predicted octanol–water partition coefficient (Wildman–Crippen LogP) is 2.73. The lowest BCUT2D eigenvalue weighted by Gasteiger charge is -2.28. The molecule has 0 heterocycles. The van der Waals surface area contributed by atoms with Gasteiger partial charge < -0.3 is 20.5 Å². The number of ether oxygens (including phenoxy) is 1. The summed E-state index contributed by atoms with van der Waals surface area (Å²) < 4.78 is 41.1. The van der Waals surface area contributed by atoms with Crippen molar-refractivity contribution in [1.29, 1.82) is 0 Å². The van der Waals surface area contributed by atoms with Gasteiger partial charge in [-0.25, -0.2) is 4.79 Å². The number of urea groups is 1. The van der Waals surface area contributed by atoms with Gasteiger partial charge in [-0.1, -0.05) is 25.0 Å². The summed E-state index contributed by atoms with van der Waals surface area (Å²) in [6, 6.07) is 5.70. The van der Waals surface area contributed by atoms with Gasteiger partial charge in [-0.15, -0.1) is 0 Å². The van der Waals surface area contributed by atoms with Crippen LogP contribution in [0.15, 0.2) is 24.3 Å². The first-order valence-electron chi connectivity index (χ1n) is 7.77. The van der Waals surface area contributed by atoms with Crippen molar-refractivity contribution in [2.45, 2.75) is 43.9 Å². The minimum Gasteiger partial charge on any atom is -0.484 e. The third kappa shape index (κ3) is 5.59. The predicted molar refractivity (Wildman–Crippen MR) is 81.6 cm³/mol. The van der Waals surface area contributed by atoms with E-state index in [-0.39, 0.29) is 18.9 Å². The normalized spacial score (nSPS) is 16.7. The summed E-state index contributed by atoms with van der Waals surface area (Å²) in [6.07, 6.45) is -1.01. The Morgan fingerprint density at radius 1 is 1.29 bits per heavy atom. The van der Waals surface area contributed by atoms with E-state index in [2.05, 4.69) is 15.4 Å². The van der Waals surface area contributed by atoms with Crippen molar-refractivity contribution in [3.8, 4) is 5.75 Å². The van der Waals surface area contributed by atoms with Gasteiger partial charge in [0.25, 0.3) is 0 Å². The number of rotatable bonds is 6. The second kappa shape index (κ2) is 7.74. The van der Waals surface area contributed by atoms with Gasteiger partial charge in [0, 0.05) is 6.54 Å². The van der Waals surface area contributed by atoms with Crippen LogP contribution < -0.4 is 15.4 Å². The first-order chi connectivity index (χ1) is 11.3. The van der Waals surface area contributed by atoms with Crippen LogP contribution in [0.25, 0.3) is 0 Å². The fourth-order valence-corrected chi connectivity index (χ4v) is 2.75. The SMILES string of the molecule is O=C(NCc1cccc(OCC(F)(F)F)c1)NC1(CO)CCCC1. The van der Waals surface area contributed by atoms with E-state index < -0.39 is 24.4 Å². The number of benzene rings is 1. The van der Waals surface area contributed by atoms with Crippen LogP contribution in [0.4, 0.5) is 18.0 Å². The van der Waals surface area contributed by atoms with Crippen LogP contribution >= 0.6 is 0 Å². The zero-order chi connectivity index (χ0) is 17.6. The van der Waals surface area contributed by atoms with Crippen LogP contribution in [0.2, 0.25) is 0 Å². The number of nitrogens with one attached hydrogen (secondary N) is 2. The molecule has 134 valence electrons. The number of carbonyl (C=O) groups is 1. The molecular weight excluding hydrogens is 325 g/mol. The minimum absolute atomic E-state index is 0.0923. The summed E-state index contributed by atoms with van der Waals surface area (Å²) in [4.78, 5) is 12.0. The van der Waals surface area contributed by atoms with Crippen molar-refractivity contribution >= 4 is 6.03 Å². The lowest BCUT2D eigenvalue weighted by atomic mass is 9.99. The van der Waals surface area contributed by atoms with Gasteiger partial charge in [0.05, 0.1) is 12.1 Å². The second-order valence-corrected chi connectivity index (χ2v) is 6.00. The molecule has 1 saturated carbocycles. The van der Waals surface area contributed by atoms with Crippen LogP contribution in [0, 0.1) is 0 Å². The van der Waals surface area contributed by atoms with Gasteiger partial charge in [-0.2, -0.15) is 13.2 Å². The second-order valence-electron chi connectivity index (χ2n) is 6.00. The summed E-state index contributed by atoms with van der Waals surface area (Å²) in [7, 11) is 0. The Hall–Kier alpha value is -1.96. The molecule has 0 bridgehead atoms. The van der Waals surface area contributed by atoms with E-state index in [9.17, 15) is 23.1 Å². The van der Waals surface area contributed by atoms with Crippen molar-refractivity contribution in [3.05, 3.63) is 29.8 Å². The zero-order valence-corrected chi connectivity index (χ0v) is 13.2. The maximum atomic E-state index is 12.1. The van der Waals surface area contributed by atoms with Gasteiger partial charge in [0.1, 0.15) is 5.75 Å². The summed E-state index contributed by atoms with van der Waals surface area (Å²) in [6.45, 7) is -1.32. The number of carbonyl (C=O) groups excluding carboxylic acids is 1. The van der Waals surface area contributed by atoms with E-state index in [0.29, 0.717) is 5.56 Å². The van der Waals surface area contributed by atoms with Gasteiger partial charge in [-0.3, -0.25) is 0 Å². The number of alkyl halides is 3. The van der Waals surface area contributed by atoms with Gasteiger partial charge in [0.2, 0.25) is 0 Å². The Balaban J connectivity index is 1.84. The van der Waals surface area contributed by atoms with E-state index in [1.54, 1.807) is 12.1 Å². The van der Waals surface area contributed by atoms with E-state index in [4.69, 9.17) is 0 Å². The number of halogens is 3. The molecule has 1 aromatic rings. The first-order valence-corrected chi connectivity index (χ1v) is 7.77. The monoisotopic (exact) mass is 346 g/mol. The third-order valence-electron chi connectivity index (χ3n) is 4.00. The van der Waals surface area contributed by atoms with Gasteiger partial charge in [-0.05, 0) is 30.5 Å². The third-order valence-corrected chi connectivity index (χ3v) is 4.00. The molecule has 8 heteroatoms. The molecule has 2 amide bonds. The molecule has 2 rings (SSSR count). The molecule has 0 spiro atoms. The topological polar surface area (TPSA) is 70.6 Å². The van der Waals surface area contributed by atoms with Crippen molar-refractivity contribution in [1.82, 2.24) is 10.6 Å². The van der Waals surface area contributed by atoms with E-state index in [0.717, 1.165) is 25.7 Å². The van der Waals surface area contributed by atoms with E-state index in [1.807, 2.05) is 0 Å². The van der Waals surface area contributed by atoms with Crippen molar-refractivity contribution in [2.75, 3.05) is 13.2 Å². The number of aliphatic hydroxyl groups excluding tert-OH is 1. The molecule has 0 saturated heterocycles. The molecule has 1 aliphatic rings. The average molecular weight is 346 g/mol. The lowest BCUT2D eigenvalue weighted by molar-refractivity contribution is -0.153. The van der Waals surface area contributed by atoms with Crippen molar-refractivity contribution in [3.63, 3.8) is 0 Å². The van der Waals surface area contributed by atoms with Gasteiger partial charge >= 0.3 is 12.2 Å². The molecule has 24 heavy (non-hydrogen) atoms. The quantitative estimate of drug-likeness (QED) is 0.742. The van der Waals surface area contributed by atoms with Crippen LogP contribution in [0.5, 0.6) is 5.75 Å². The Bertz CT molecular complexity index is 558. The fourth-order valence-electron chi connectivity index (χ4n) is 2.75. The Labute approximate surface area is 138 Å². The van der Waals surface area contributed by atoms with Gasteiger partial charge in [0.15, 0.2) is 6.61 Å². The number of hydrogen-bond donors (Lipinski definition) is 3. The molecule has 0 radical (unpaired) electrons. The summed E-state index contributed by atoms with van der Waals surface area (Å²) in [5, 5.41) is 14.9. The zero-order valence-electron chi connectivity index (χ0n) is 13.2. The lowest BCUT2D eigenvalue weighted by Crippen LogP contribution is -2.52. The molecule has 0 aliphatic heterocycles. The molecule has 0 unspecified atom stereocenters. The Kier molecular flexibility index (Phi) is 5.93. The molecule has 1 fully saturated rings. The Morgan fingerprint density at radius 3 is 2.62 bits per heavy atom. The molecular formula is C16H21F3N2O3. The summed E-state index contributed by atoms with van der Waals surface area (Å²) in [5.74, 6) is 0.0923. The van der Waals surface area contributed by atoms with E-state index in [1.165, 1.54) is 12.1 Å². The molecule has 3 N–H and O–H groups in total. The van der Waals surface area contributed by atoms with E-state index >= 15 is 0 Å². The van der Waals surface area contributed by atoms with Crippen LogP contribution in [-0.4, -0.2) is 36.1 Å². The largest absolute Gasteiger partial charge is 0.484 e. The van der Waals surface area contributed by atoms with Crippen molar-refractivity contribution < 1.29 is 27.8 Å². The number of amides is 2. The minimum atomic E-state index is -4.39. The molecule has 0 atom stereocenters. The summed E-state index contributed by atoms with van der Waals surface area (Å²) >= 11 is 0. The standard InChI is InChI=1S/C16H21F3N2O3/c17-16(18,19)11-24-13-5-3-4-12(8-13)9-20-14(23)21-15(10-22)6-1-2-7-15/h3-5,8,22H,1-2,6-7,9-11H2,(H2,20,21,23). The highest BCUT2D eigenvalue weighted by molar-refractivity contribution is 5.74. The highest BCUT2D eigenvalue weighted by Gasteiger charge is 2.34. The molecule has 5 nitrogen and oxygen atoms in total. The fraction of sp³-hybridized carbons (Fsp3) is 0.562. The van der Waals surface area contributed by atoms with Crippen LogP contribution in [0.1, 0.15) is 31.2 Å². The average Bonchev–Trinajstić information content (AvgIpc) is 3.00. The highest BCUT2D eigenvalue weighted by Crippen LogP contribution is 2.29. The Morgan fingerprint density at radius 2 is 2.00 bits per heavy atom. The molecule has 1 aromatic carbocycles. The maximum Gasteiger partial charge on any atom is 0.422 e. The molecule has 0 aromatic heterocycles. The van der Waals surface area contributed by atoms with Crippen LogP contribution in [-0.2, 0) is 6.54 Å². The number of hydrogen-bond acceptors (Lipinski definition) is 3. The number of aliphatic hydroxyl groups is 1. The smallest absolute Gasteiger partial charge is 0.422 e. The maximum absolute atomic E-state index is 12.1.